The van der Waals surface area contributed by atoms with E-state index in [-0.39, 0.29) is 0 Å². The van der Waals surface area contributed by atoms with E-state index in [9.17, 15) is 0 Å². The molecule has 2 atom stereocenters. The van der Waals surface area contributed by atoms with Crippen LogP contribution in [-0.2, 0) is 13.0 Å². The molecule has 2 aromatic rings. The normalized spacial score (nSPS) is 25.9. The summed E-state index contributed by atoms with van der Waals surface area (Å²) < 4.78 is 0. The van der Waals surface area contributed by atoms with Crippen LogP contribution in [-0.4, -0.2) is 18.0 Å². The van der Waals surface area contributed by atoms with Crippen LogP contribution in [0, 0.1) is 5.41 Å². The van der Waals surface area contributed by atoms with Crippen molar-refractivity contribution in [2.75, 3.05) is 13.1 Å². The van der Waals surface area contributed by atoms with E-state index in [1.165, 1.54) is 35.2 Å². The fraction of sp³-hybridized carbons (Fsp3) is 0.478. The molecule has 1 unspecified atom stereocenters. The van der Waals surface area contributed by atoms with E-state index in [0.717, 1.165) is 24.5 Å². The summed E-state index contributed by atoms with van der Waals surface area (Å²) in [6.45, 7) is 10.3. The van der Waals surface area contributed by atoms with Crippen molar-refractivity contribution in [2.45, 2.75) is 52.0 Å². The summed E-state index contributed by atoms with van der Waals surface area (Å²) in [6, 6.07) is 15.5. The van der Waals surface area contributed by atoms with Gasteiger partial charge in [0.25, 0.3) is 0 Å². The second-order valence-corrected chi connectivity index (χ2v) is 8.93. The largest absolute Gasteiger partial charge is 0.298 e. The van der Waals surface area contributed by atoms with Crippen LogP contribution in [0.25, 0.3) is 0 Å². The number of fused-ring (bicyclic) bond motifs is 3. The lowest BCUT2D eigenvalue weighted by Crippen LogP contribution is -2.31. The van der Waals surface area contributed by atoms with Crippen LogP contribution in [0.1, 0.15) is 61.3 Å². The molecule has 0 saturated carbocycles. The first-order valence-electron chi connectivity index (χ1n) is 9.55. The summed E-state index contributed by atoms with van der Waals surface area (Å²) in [4.78, 5) is 2.64. The van der Waals surface area contributed by atoms with Crippen molar-refractivity contribution in [3.8, 4) is 0 Å². The number of hydrogen-bond donors (Lipinski definition) is 0. The number of halogens is 1. The first-order chi connectivity index (χ1) is 12.0. The lowest BCUT2D eigenvalue weighted by molar-refractivity contribution is 0.240. The quantitative estimate of drug-likeness (QED) is 0.652. The molecule has 0 aromatic heterocycles. The highest BCUT2D eigenvalue weighted by Gasteiger charge is 2.46. The summed E-state index contributed by atoms with van der Waals surface area (Å²) in [5, 5.41) is 1.04. The van der Waals surface area contributed by atoms with Gasteiger partial charge in [0.05, 0.1) is 0 Å². The molecule has 2 aliphatic rings. The van der Waals surface area contributed by atoms with Gasteiger partial charge in [-0.15, -0.1) is 0 Å². The van der Waals surface area contributed by atoms with Crippen molar-refractivity contribution in [3.05, 3.63) is 69.7 Å². The van der Waals surface area contributed by atoms with Crippen molar-refractivity contribution >= 4 is 11.6 Å². The van der Waals surface area contributed by atoms with Crippen LogP contribution in [0.15, 0.2) is 42.5 Å². The molecule has 1 heterocycles. The summed E-state index contributed by atoms with van der Waals surface area (Å²) in [5.41, 5.74) is 6.04. The molecule has 1 aliphatic heterocycles. The Labute approximate surface area is 157 Å². The van der Waals surface area contributed by atoms with Crippen LogP contribution in [0.5, 0.6) is 0 Å². The summed E-state index contributed by atoms with van der Waals surface area (Å²) >= 11 is 6.81. The molecule has 25 heavy (non-hydrogen) atoms. The molecule has 132 valence electrons. The van der Waals surface area contributed by atoms with Gasteiger partial charge in [-0.1, -0.05) is 74.8 Å². The van der Waals surface area contributed by atoms with Gasteiger partial charge in [0.2, 0.25) is 0 Å². The Morgan fingerprint density at radius 1 is 1.16 bits per heavy atom. The average Bonchev–Trinajstić information content (AvgIpc) is 2.92. The van der Waals surface area contributed by atoms with Gasteiger partial charge in [-0.25, -0.2) is 0 Å². The smallest absolute Gasteiger partial charge is 0.0475 e. The van der Waals surface area contributed by atoms with Gasteiger partial charge >= 0.3 is 0 Å². The first-order valence-corrected chi connectivity index (χ1v) is 9.93. The van der Waals surface area contributed by atoms with Crippen molar-refractivity contribution in [1.82, 2.24) is 4.90 Å². The van der Waals surface area contributed by atoms with E-state index in [4.69, 9.17) is 11.6 Å². The molecule has 1 saturated heterocycles. The molecule has 0 bridgehead atoms. The number of nitrogens with zero attached hydrogens (tertiary/aromatic N) is 1. The second-order valence-electron chi connectivity index (χ2n) is 8.55. The minimum atomic E-state index is 0.379. The van der Waals surface area contributed by atoms with Gasteiger partial charge in [0.1, 0.15) is 0 Å². The zero-order valence-electron chi connectivity index (χ0n) is 15.6. The van der Waals surface area contributed by atoms with Crippen LogP contribution in [0.2, 0.25) is 5.02 Å². The molecule has 2 heteroatoms. The third-order valence-corrected chi connectivity index (χ3v) is 6.82. The monoisotopic (exact) mass is 353 g/mol. The van der Waals surface area contributed by atoms with Crippen LogP contribution >= 0.6 is 11.6 Å². The van der Waals surface area contributed by atoms with Crippen molar-refractivity contribution < 1.29 is 0 Å². The van der Waals surface area contributed by atoms with E-state index < -0.39 is 0 Å². The highest BCUT2D eigenvalue weighted by atomic mass is 35.5. The van der Waals surface area contributed by atoms with E-state index in [1.807, 2.05) is 0 Å². The van der Waals surface area contributed by atoms with Gasteiger partial charge in [-0.2, -0.15) is 0 Å². The number of rotatable bonds is 3. The van der Waals surface area contributed by atoms with E-state index in [1.54, 1.807) is 0 Å². The zero-order chi connectivity index (χ0) is 17.6. The first kappa shape index (κ1) is 17.1. The van der Waals surface area contributed by atoms with Crippen LogP contribution in [0.3, 0.4) is 0 Å². The highest BCUT2D eigenvalue weighted by Crippen LogP contribution is 2.52. The highest BCUT2D eigenvalue weighted by molar-refractivity contribution is 6.32. The Morgan fingerprint density at radius 2 is 1.92 bits per heavy atom. The third kappa shape index (κ3) is 3.02. The van der Waals surface area contributed by atoms with E-state index in [0.29, 0.717) is 17.3 Å². The van der Waals surface area contributed by atoms with Crippen molar-refractivity contribution in [1.29, 1.82) is 0 Å². The fourth-order valence-corrected chi connectivity index (χ4v) is 5.43. The predicted molar refractivity (Wildman–Crippen MR) is 106 cm³/mol. The zero-order valence-corrected chi connectivity index (χ0v) is 16.3. The van der Waals surface area contributed by atoms with E-state index >= 15 is 0 Å². The maximum atomic E-state index is 6.81. The number of benzene rings is 2. The van der Waals surface area contributed by atoms with Gasteiger partial charge < -0.3 is 0 Å². The van der Waals surface area contributed by atoms with Gasteiger partial charge in [-0.3, -0.25) is 4.90 Å². The lowest BCUT2D eigenvalue weighted by Gasteiger charge is -2.37. The summed E-state index contributed by atoms with van der Waals surface area (Å²) in [5.74, 6) is 1.10. The third-order valence-electron chi connectivity index (χ3n) is 6.37. The molecule has 1 fully saturated rings. The van der Waals surface area contributed by atoms with Gasteiger partial charge in [0, 0.05) is 30.6 Å². The maximum absolute atomic E-state index is 6.81. The molecular formula is C23H28ClN. The Balaban J connectivity index is 1.63. The molecule has 0 radical (unpaired) electrons. The Bertz CT molecular complexity index is 767. The maximum Gasteiger partial charge on any atom is 0.0475 e. The van der Waals surface area contributed by atoms with Crippen molar-refractivity contribution in [3.63, 3.8) is 0 Å². The Kier molecular flexibility index (Phi) is 4.42. The molecule has 0 amide bonds. The lowest BCUT2D eigenvalue weighted by atomic mass is 9.66. The van der Waals surface area contributed by atoms with E-state index in [2.05, 4.69) is 68.1 Å². The van der Waals surface area contributed by atoms with Crippen molar-refractivity contribution in [2.24, 2.45) is 5.41 Å². The SMILES string of the molecule is CC(C)c1ccc2c(c1Cl)CC[C@@]1(C)CN(Cc3ccccc3)CC21. The number of hydrogen-bond acceptors (Lipinski definition) is 1. The molecule has 1 aliphatic carbocycles. The topological polar surface area (TPSA) is 3.24 Å². The average molecular weight is 354 g/mol. The van der Waals surface area contributed by atoms with Crippen LogP contribution in [0.4, 0.5) is 0 Å². The molecule has 0 spiro atoms. The fourth-order valence-electron chi connectivity index (χ4n) is 4.94. The minimum Gasteiger partial charge on any atom is -0.298 e. The van der Waals surface area contributed by atoms with Gasteiger partial charge in [0.15, 0.2) is 0 Å². The summed E-state index contributed by atoms with van der Waals surface area (Å²) in [7, 11) is 0. The Morgan fingerprint density at radius 3 is 2.64 bits per heavy atom. The molecule has 4 rings (SSSR count). The molecule has 2 aromatic carbocycles. The van der Waals surface area contributed by atoms with Gasteiger partial charge in [-0.05, 0) is 46.4 Å². The predicted octanol–water partition coefficient (Wildman–Crippen LogP) is 6.02. The molecular weight excluding hydrogens is 326 g/mol. The second kappa shape index (κ2) is 6.45. The number of likely N-dealkylation sites (tertiary alicyclic amines) is 1. The summed E-state index contributed by atoms with van der Waals surface area (Å²) in [6.07, 6.45) is 2.37. The Hall–Kier alpha value is -1.31. The van der Waals surface area contributed by atoms with Crippen LogP contribution < -0.4 is 0 Å². The molecule has 0 N–H and O–H groups in total. The molecule has 1 nitrogen and oxygen atoms in total. The minimum absolute atomic E-state index is 0.379. The standard InChI is InChI=1S/C23H28ClN/c1-16(2)18-9-10-19-20(22(18)24)11-12-23(3)15-25(14-21(19)23)13-17-7-5-4-6-8-17/h4-10,16,21H,11-15H2,1-3H3/t21?,23-/m0/s1.